The Morgan fingerprint density at radius 2 is 2.00 bits per heavy atom. The fraction of sp³-hybridized carbons (Fsp3) is 0.0952. The minimum Gasteiger partial charge on any atom is -0.488 e. The van der Waals surface area contributed by atoms with Crippen molar-refractivity contribution in [3.05, 3.63) is 82.1 Å². The van der Waals surface area contributed by atoms with E-state index in [1.807, 2.05) is 0 Å². The number of rotatable bonds is 6. The SMILES string of the molecule is C=CCN1C(=O)/C(=C/c2ccc(OCc3ccccc3F)c(Br)c2)C(=O)NC1=S. The number of ether oxygens (including phenoxy) is 1. The van der Waals surface area contributed by atoms with Gasteiger partial charge < -0.3 is 4.74 Å². The molecule has 0 saturated carbocycles. The third-order valence-electron chi connectivity index (χ3n) is 4.11. The van der Waals surface area contributed by atoms with Crippen molar-refractivity contribution < 1.29 is 18.7 Å². The molecule has 1 heterocycles. The van der Waals surface area contributed by atoms with Crippen LogP contribution in [0.5, 0.6) is 5.75 Å². The first-order chi connectivity index (χ1) is 13.9. The van der Waals surface area contributed by atoms with Crippen LogP contribution in [0.2, 0.25) is 0 Å². The molecule has 0 spiro atoms. The quantitative estimate of drug-likeness (QED) is 0.297. The van der Waals surface area contributed by atoms with Gasteiger partial charge in [0.05, 0.1) is 4.47 Å². The maximum atomic E-state index is 13.7. The smallest absolute Gasteiger partial charge is 0.265 e. The molecule has 1 fully saturated rings. The fourth-order valence-corrected chi connectivity index (χ4v) is 3.41. The summed E-state index contributed by atoms with van der Waals surface area (Å²) in [4.78, 5) is 26.0. The van der Waals surface area contributed by atoms with Crippen LogP contribution in [-0.2, 0) is 16.2 Å². The first kappa shape index (κ1) is 20.9. The molecule has 148 valence electrons. The second kappa shape index (κ2) is 9.11. The highest BCUT2D eigenvalue weighted by Crippen LogP contribution is 2.28. The number of hydrogen-bond donors (Lipinski definition) is 1. The Kier molecular flexibility index (Phi) is 6.56. The van der Waals surface area contributed by atoms with Crippen LogP contribution in [0, 0.1) is 5.82 Å². The molecule has 0 atom stereocenters. The molecular formula is C21H16BrFN2O3S. The first-order valence-corrected chi connectivity index (χ1v) is 9.76. The molecule has 0 bridgehead atoms. The first-order valence-electron chi connectivity index (χ1n) is 8.56. The monoisotopic (exact) mass is 474 g/mol. The predicted molar refractivity (Wildman–Crippen MR) is 116 cm³/mol. The average Bonchev–Trinajstić information content (AvgIpc) is 2.69. The Morgan fingerprint density at radius 3 is 2.69 bits per heavy atom. The molecule has 1 N–H and O–H groups in total. The van der Waals surface area contributed by atoms with Crippen molar-refractivity contribution in [3.63, 3.8) is 0 Å². The maximum absolute atomic E-state index is 13.7. The highest BCUT2D eigenvalue weighted by Gasteiger charge is 2.32. The van der Waals surface area contributed by atoms with Gasteiger partial charge in [0, 0.05) is 12.1 Å². The molecule has 0 unspecified atom stereocenters. The van der Waals surface area contributed by atoms with Gasteiger partial charge in [-0.2, -0.15) is 0 Å². The number of thiocarbonyl (C=S) groups is 1. The third-order valence-corrected chi connectivity index (χ3v) is 5.05. The lowest BCUT2D eigenvalue weighted by Crippen LogP contribution is -2.53. The number of benzene rings is 2. The lowest BCUT2D eigenvalue weighted by atomic mass is 10.1. The van der Waals surface area contributed by atoms with Crippen molar-refractivity contribution in [3.8, 4) is 5.75 Å². The van der Waals surface area contributed by atoms with Crippen molar-refractivity contribution in [1.82, 2.24) is 10.2 Å². The number of carbonyl (C=O) groups is 2. The topological polar surface area (TPSA) is 58.6 Å². The van der Waals surface area contributed by atoms with Crippen molar-refractivity contribution in [2.24, 2.45) is 0 Å². The van der Waals surface area contributed by atoms with Gasteiger partial charge in [0.25, 0.3) is 11.8 Å². The Balaban J connectivity index is 1.79. The molecule has 0 radical (unpaired) electrons. The van der Waals surface area contributed by atoms with E-state index in [0.29, 0.717) is 21.3 Å². The summed E-state index contributed by atoms with van der Waals surface area (Å²) in [6.45, 7) is 3.85. The van der Waals surface area contributed by atoms with E-state index in [-0.39, 0.29) is 29.7 Å². The van der Waals surface area contributed by atoms with Gasteiger partial charge in [-0.15, -0.1) is 6.58 Å². The molecule has 2 aromatic rings. The van der Waals surface area contributed by atoms with E-state index in [1.54, 1.807) is 36.4 Å². The zero-order chi connectivity index (χ0) is 21.0. The largest absolute Gasteiger partial charge is 0.488 e. The van der Waals surface area contributed by atoms with Gasteiger partial charge in [-0.05, 0) is 58.0 Å². The van der Waals surface area contributed by atoms with Gasteiger partial charge in [-0.3, -0.25) is 19.8 Å². The Morgan fingerprint density at radius 1 is 1.24 bits per heavy atom. The number of nitrogens with one attached hydrogen (secondary N) is 1. The molecule has 3 rings (SSSR count). The van der Waals surface area contributed by atoms with E-state index >= 15 is 0 Å². The number of amides is 2. The summed E-state index contributed by atoms with van der Waals surface area (Å²) >= 11 is 8.43. The average molecular weight is 475 g/mol. The van der Waals surface area contributed by atoms with Crippen LogP contribution in [0.1, 0.15) is 11.1 Å². The zero-order valence-electron chi connectivity index (χ0n) is 15.2. The van der Waals surface area contributed by atoms with E-state index in [1.165, 1.54) is 23.1 Å². The molecule has 5 nitrogen and oxygen atoms in total. The lowest BCUT2D eigenvalue weighted by Gasteiger charge is -2.27. The summed E-state index contributed by atoms with van der Waals surface area (Å²) in [5.41, 5.74) is 1.01. The molecular weight excluding hydrogens is 459 g/mol. The molecule has 1 aliphatic heterocycles. The van der Waals surface area contributed by atoms with E-state index in [2.05, 4.69) is 27.8 Å². The molecule has 1 aliphatic rings. The highest BCUT2D eigenvalue weighted by molar-refractivity contribution is 9.10. The van der Waals surface area contributed by atoms with Crippen molar-refractivity contribution >= 4 is 51.2 Å². The summed E-state index contributed by atoms with van der Waals surface area (Å²) in [7, 11) is 0. The minimum atomic E-state index is -0.559. The van der Waals surface area contributed by atoms with Gasteiger partial charge in [-0.1, -0.05) is 30.3 Å². The maximum Gasteiger partial charge on any atom is 0.265 e. The van der Waals surface area contributed by atoms with Crippen LogP contribution in [-0.4, -0.2) is 28.4 Å². The predicted octanol–water partition coefficient (Wildman–Crippen LogP) is 3.98. The normalized spacial score (nSPS) is 15.4. The lowest BCUT2D eigenvalue weighted by molar-refractivity contribution is -0.128. The molecule has 1 saturated heterocycles. The minimum absolute atomic E-state index is 0.0348. The molecule has 29 heavy (non-hydrogen) atoms. The molecule has 0 aromatic heterocycles. The van der Waals surface area contributed by atoms with E-state index < -0.39 is 11.8 Å². The van der Waals surface area contributed by atoms with Gasteiger partial charge in [-0.25, -0.2) is 4.39 Å². The standard InChI is InChI=1S/C21H16BrFN2O3S/c1-2-9-25-20(27)15(19(26)24-21(25)29)10-13-7-8-18(16(22)11-13)28-12-14-5-3-4-6-17(14)23/h2-8,10-11H,1,9,12H2,(H,24,26,29)/b15-10+. The van der Waals surface area contributed by atoms with Gasteiger partial charge in [0.15, 0.2) is 5.11 Å². The Labute approximate surface area is 181 Å². The van der Waals surface area contributed by atoms with E-state index in [0.717, 1.165) is 0 Å². The number of carbonyl (C=O) groups excluding carboxylic acids is 2. The number of nitrogens with zero attached hydrogens (tertiary/aromatic N) is 1. The van der Waals surface area contributed by atoms with Crippen LogP contribution in [0.15, 0.2) is 65.2 Å². The van der Waals surface area contributed by atoms with Crippen molar-refractivity contribution in [2.45, 2.75) is 6.61 Å². The summed E-state index contributed by atoms with van der Waals surface area (Å²) in [5.74, 6) is -0.885. The van der Waals surface area contributed by atoms with Crippen molar-refractivity contribution in [1.29, 1.82) is 0 Å². The fourth-order valence-electron chi connectivity index (χ4n) is 2.65. The van der Waals surface area contributed by atoms with Gasteiger partial charge in [0.1, 0.15) is 23.7 Å². The summed E-state index contributed by atoms with van der Waals surface area (Å²) in [6, 6.07) is 11.4. The molecule has 2 aromatic carbocycles. The molecule has 0 aliphatic carbocycles. The summed E-state index contributed by atoms with van der Waals surface area (Å²) in [6.07, 6.45) is 3.00. The van der Waals surface area contributed by atoms with Crippen LogP contribution >= 0.6 is 28.1 Å². The Bertz CT molecular complexity index is 1040. The van der Waals surface area contributed by atoms with Gasteiger partial charge in [0.2, 0.25) is 0 Å². The molecule has 8 heteroatoms. The zero-order valence-corrected chi connectivity index (χ0v) is 17.6. The second-order valence-electron chi connectivity index (χ2n) is 6.09. The number of hydrogen-bond acceptors (Lipinski definition) is 4. The Hall–Kier alpha value is -2.84. The van der Waals surface area contributed by atoms with Crippen LogP contribution in [0.4, 0.5) is 4.39 Å². The van der Waals surface area contributed by atoms with Crippen LogP contribution < -0.4 is 10.1 Å². The van der Waals surface area contributed by atoms with Crippen molar-refractivity contribution in [2.75, 3.05) is 6.54 Å². The summed E-state index contributed by atoms with van der Waals surface area (Å²) in [5, 5.41) is 2.55. The summed E-state index contributed by atoms with van der Waals surface area (Å²) < 4.78 is 20.0. The molecule has 2 amide bonds. The van der Waals surface area contributed by atoms with E-state index in [4.69, 9.17) is 17.0 Å². The highest BCUT2D eigenvalue weighted by atomic mass is 79.9. The van der Waals surface area contributed by atoms with Crippen LogP contribution in [0.3, 0.4) is 0 Å². The van der Waals surface area contributed by atoms with Gasteiger partial charge >= 0.3 is 0 Å². The number of halogens is 2. The van der Waals surface area contributed by atoms with Crippen LogP contribution in [0.25, 0.3) is 6.08 Å². The third kappa shape index (κ3) is 4.78. The van der Waals surface area contributed by atoms with E-state index in [9.17, 15) is 14.0 Å². The second-order valence-corrected chi connectivity index (χ2v) is 7.33.